The molecule has 0 aliphatic carbocycles. The average Bonchev–Trinajstić information content (AvgIpc) is 3.07. The number of methoxy groups -OCH3 is 1. The molecule has 170 valence electrons. The highest BCUT2D eigenvalue weighted by atomic mass is 16.5. The van der Waals surface area contributed by atoms with Gasteiger partial charge in [0.1, 0.15) is 11.2 Å². The van der Waals surface area contributed by atoms with E-state index < -0.39 is 0 Å². The SMILES string of the molecule is COc1nc2c(C)nnc(N[C@H](C)c3cccc(C#N)c3C)c2cc1N1C2CCC1COC2. The van der Waals surface area contributed by atoms with Crippen LogP contribution in [0.4, 0.5) is 11.5 Å². The first kappa shape index (κ1) is 21.4. The van der Waals surface area contributed by atoms with Gasteiger partial charge in [0.25, 0.3) is 0 Å². The van der Waals surface area contributed by atoms with Crippen LogP contribution in [0.3, 0.4) is 0 Å². The fourth-order valence-corrected chi connectivity index (χ4v) is 5.16. The Morgan fingerprint density at radius 2 is 1.97 bits per heavy atom. The van der Waals surface area contributed by atoms with Crippen molar-refractivity contribution in [3.63, 3.8) is 0 Å². The van der Waals surface area contributed by atoms with Crippen LogP contribution in [-0.4, -0.2) is 47.6 Å². The molecule has 2 aliphatic rings. The van der Waals surface area contributed by atoms with Crippen molar-refractivity contribution >= 4 is 22.4 Å². The highest BCUT2D eigenvalue weighted by Crippen LogP contribution is 2.41. The Labute approximate surface area is 193 Å². The van der Waals surface area contributed by atoms with Crippen molar-refractivity contribution in [3.8, 4) is 11.9 Å². The van der Waals surface area contributed by atoms with Crippen LogP contribution < -0.4 is 15.0 Å². The second-order valence-electron chi connectivity index (χ2n) is 8.87. The van der Waals surface area contributed by atoms with Gasteiger partial charge in [0.15, 0.2) is 5.82 Å². The lowest BCUT2D eigenvalue weighted by Crippen LogP contribution is -2.46. The lowest BCUT2D eigenvalue weighted by atomic mass is 9.98. The monoisotopic (exact) mass is 444 g/mol. The third kappa shape index (κ3) is 3.62. The molecule has 8 nitrogen and oxygen atoms in total. The molecule has 5 rings (SSSR count). The predicted molar refractivity (Wildman–Crippen MR) is 127 cm³/mol. The van der Waals surface area contributed by atoms with Gasteiger partial charge in [-0.1, -0.05) is 12.1 Å². The van der Waals surface area contributed by atoms with Crippen LogP contribution in [0.15, 0.2) is 24.3 Å². The van der Waals surface area contributed by atoms with Crippen LogP contribution in [0.1, 0.15) is 48.2 Å². The minimum atomic E-state index is -0.0661. The number of fused-ring (bicyclic) bond motifs is 3. The summed E-state index contributed by atoms with van der Waals surface area (Å²) in [5, 5.41) is 22.7. The molecule has 4 heterocycles. The van der Waals surface area contributed by atoms with Gasteiger partial charge in [0, 0.05) is 5.39 Å². The maximum absolute atomic E-state index is 9.41. The highest BCUT2D eigenvalue weighted by molar-refractivity contribution is 5.94. The van der Waals surface area contributed by atoms with Crippen LogP contribution in [0.5, 0.6) is 5.88 Å². The molecule has 0 saturated carbocycles. The molecule has 33 heavy (non-hydrogen) atoms. The molecule has 0 radical (unpaired) electrons. The second kappa shape index (κ2) is 8.49. The van der Waals surface area contributed by atoms with Gasteiger partial charge in [-0.2, -0.15) is 10.4 Å². The summed E-state index contributed by atoms with van der Waals surface area (Å²) in [6, 6.07) is 10.8. The zero-order valence-corrected chi connectivity index (χ0v) is 19.4. The van der Waals surface area contributed by atoms with Gasteiger partial charge < -0.3 is 19.7 Å². The highest BCUT2D eigenvalue weighted by Gasteiger charge is 2.39. The van der Waals surface area contributed by atoms with E-state index in [0.29, 0.717) is 29.3 Å². The van der Waals surface area contributed by atoms with Crippen molar-refractivity contribution in [3.05, 3.63) is 46.6 Å². The van der Waals surface area contributed by atoms with Crippen LogP contribution >= 0.6 is 0 Å². The summed E-state index contributed by atoms with van der Waals surface area (Å²) < 4.78 is 11.5. The largest absolute Gasteiger partial charge is 0.480 e. The van der Waals surface area contributed by atoms with Gasteiger partial charge in [0.05, 0.1) is 55.8 Å². The quantitative estimate of drug-likeness (QED) is 0.629. The normalized spacial score (nSPS) is 20.5. The number of pyridine rings is 1. The third-order valence-electron chi connectivity index (χ3n) is 6.89. The first-order chi connectivity index (χ1) is 16.0. The number of nitrogens with zero attached hydrogens (tertiary/aromatic N) is 5. The van der Waals surface area contributed by atoms with Crippen molar-refractivity contribution in [1.29, 1.82) is 5.26 Å². The summed E-state index contributed by atoms with van der Waals surface area (Å²) in [6.45, 7) is 7.40. The molecule has 2 bridgehead atoms. The topological polar surface area (TPSA) is 96.2 Å². The van der Waals surface area contributed by atoms with Gasteiger partial charge in [-0.15, -0.1) is 5.10 Å². The Morgan fingerprint density at radius 1 is 1.21 bits per heavy atom. The van der Waals surface area contributed by atoms with E-state index in [9.17, 15) is 5.26 Å². The summed E-state index contributed by atoms with van der Waals surface area (Å²) in [5.74, 6) is 1.27. The minimum Gasteiger partial charge on any atom is -0.480 e. The summed E-state index contributed by atoms with van der Waals surface area (Å²) in [7, 11) is 1.66. The Balaban J connectivity index is 1.59. The van der Waals surface area contributed by atoms with E-state index in [0.717, 1.165) is 59.5 Å². The number of aryl methyl sites for hydroxylation is 1. The van der Waals surface area contributed by atoms with E-state index in [1.54, 1.807) is 7.11 Å². The molecule has 0 amide bonds. The zero-order chi connectivity index (χ0) is 23.1. The molecule has 1 aromatic carbocycles. The standard InChI is InChI=1S/C25H28N6O2/c1-14-17(11-26)6-5-7-20(14)15(2)27-24-21-10-22(31-18-8-9-19(31)13-33-12-18)25(32-4)28-23(21)16(3)29-30-24/h5-7,10,15,18-19H,8-9,12-13H2,1-4H3,(H,27,30)/t15-,18?,19?/m1/s1. The third-order valence-corrected chi connectivity index (χ3v) is 6.89. The van der Waals surface area contributed by atoms with Gasteiger partial charge in [-0.3, -0.25) is 0 Å². The van der Waals surface area contributed by atoms with Crippen LogP contribution in [-0.2, 0) is 4.74 Å². The lowest BCUT2D eigenvalue weighted by molar-refractivity contribution is 0.0903. The van der Waals surface area contributed by atoms with Gasteiger partial charge in [-0.05, 0) is 56.9 Å². The number of anilines is 2. The smallest absolute Gasteiger partial charge is 0.238 e. The van der Waals surface area contributed by atoms with Crippen molar-refractivity contribution in [2.24, 2.45) is 0 Å². The Bertz CT molecular complexity index is 1240. The molecule has 8 heteroatoms. The fourth-order valence-electron chi connectivity index (χ4n) is 5.16. The van der Waals surface area contributed by atoms with E-state index in [1.807, 2.05) is 32.0 Å². The number of hydrogen-bond donors (Lipinski definition) is 1. The zero-order valence-electron chi connectivity index (χ0n) is 19.4. The van der Waals surface area contributed by atoms with E-state index in [4.69, 9.17) is 14.5 Å². The number of nitrogens with one attached hydrogen (secondary N) is 1. The molecular formula is C25H28N6O2. The molecule has 0 spiro atoms. The molecule has 3 atom stereocenters. The molecule has 2 saturated heterocycles. The molecule has 2 aliphatic heterocycles. The molecule has 3 aromatic rings. The molecule has 1 N–H and O–H groups in total. The maximum atomic E-state index is 9.41. The van der Waals surface area contributed by atoms with Gasteiger partial charge in [-0.25, -0.2) is 4.98 Å². The lowest BCUT2D eigenvalue weighted by Gasteiger charge is -2.37. The van der Waals surface area contributed by atoms with E-state index in [-0.39, 0.29) is 6.04 Å². The minimum absolute atomic E-state index is 0.0661. The van der Waals surface area contributed by atoms with Gasteiger partial charge in [0.2, 0.25) is 5.88 Å². The van der Waals surface area contributed by atoms with Crippen molar-refractivity contribution in [2.75, 3.05) is 30.5 Å². The molecular weight excluding hydrogens is 416 g/mol. The number of rotatable bonds is 5. The number of benzene rings is 1. The van der Waals surface area contributed by atoms with Crippen LogP contribution in [0.25, 0.3) is 10.9 Å². The van der Waals surface area contributed by atoms with Crippen LogP contribution in [0.2, 0.25) is 0 Å². The number of nitriles is 1. The molecule has 2 unspecified atom stereocenters. The second-order valence-corrected chi connectivity index (χ2v) is 8.87. The number of aromatic nitrogens is 3. The first-order valence-electron chi connectivity index (χ1n) is 11.4. The van der Waals surface area contributed by atoms with Crippen molar-refractivity contribution in [1.82, 2.24) is 15.2 Å². The van der Waals surface area contributed by atoms with Crippen molar-refractivity contribution < 1.29 is 9.47 Å². The summed E-state index contributed by atoms with van der Waals surface area (Å²) in [6.07, 6.45) is 2.21. The molecule has 2 aromatic heterocycles. The number of morpholine rings is 1. The predicted octanol–water partition coefficient (Wildman–Crippen LogP) is 4.06. The Morgan fingerprint density at radius 3 is 2.67 bits per heavy atom. The molecule has 2 fully saturated rings. The average molecular weight is 445 g/mol. The number of ether oxygens (including phenoxy) is 2. The van der Waals surface area contributed by atoms with E-state index in [2.05, 4.69) is 39.5 Å². The fraction of sp³-hybridized carbons (Fsp3) is 0.440. The van der Waals surface area contributed by atoms with E-state index in [1.165, 1.54) is 0 Å². The summed E-state index contributed by atoms with van der Waals surface area (Å²) in [4.78, 5) is 7.28. The van der Waals surface area contributed by atoms with E-state index >= 15 is 0 Å². The summed E-state index contributed by atoms with van der Waals surface area (Å²) >= 11 is 0. The van der Waals surface area contributed by atoms with Crippen molar-refractivity contribution in [2.45, 2.75) is 51.7 Å². The van der Waals surface area contributed by atoms with Crippen LogP contribution in [0, 0.1) is 25.2 Å². The summed E-state index contributed by atoms with van der Waals surface area (Å²) in [5.41, 5.74) is 5.19. The Kier molecular flexibility index (Phi) is 5.51. The number of hydrogen-bond acceptors (Lipinski definition) is 8. The maximum Gasteiger partial charge on any atom is 0.238 e. The Hall–Kier alpha value is -3.44. The van der Waals surface area contributed by atoms with Gasteiger partial charge >= 0.3 is 0 Å². The first-order valence-corrected chi connectivity index (χ1v) is 11.4.